The van der Waals surface area contributed by atoms with Gasteiger partial charge >= 0.3 is 0 Å². The van der Waals surface area contributed by atoms with Gasteiger partial charge in [-0.05, 0) is 6.42 Å². The first kappa shape index (κ1) is 15.5. The standard InChI is InChI=1S/C18H17N3OS/c1-2-15(17(19)22)23-18-14-11-7-6-10-13(14)16(20-21-18)12-8-4-3-5-9-12/h3-11,15H,2H2,1H3,(H2,19,22). The van der Waals surface area contributed by atoms with Gasteiger partial charge in [0.25, 0.3) is 0 Å². The summed E-state index contributed by atoms with van der Waals surface area (Å²) in [6, 6.07) is 18.0. The summed E-state index contributed by atoms with van der Waals surface area (Å²) in [5, 5.41) is 11.2. The molecule has 2 N–H and O–H groups in total. The molecule has 4 nitrogen and oxygen atoms in total. The molecule has 1 aromatic heterocycles. The van der Waals surface area contributed by atoms with E-state index in [0.29, 0.717) is 6.42 Å². The van der Waals surface area contributed by atoms with Crippen LogP contribution in [0.2, 0.25) is 0 Å². The summed E-state index contributed by atoms with van der Waals surface area (Å²) in [5.74, 6) is -0.324. The number of carbonyl (C=O) groups excluding carboxylic acids is 1. The number of benzene rings is 2. The van der Waals surface area contributed by atoms with Gasteiger partial charge in [0.2, 0.25) is 5.91 Å². The lowest BCUT2D eigenvalue weighted by Gasteiger charge is -2.12. The van der Waals surface area contributed by atoms with Crippen molar-refractivity contribution in [3.63, 3.8) is 0 Å². The fraction of sp³-hybridized carbons (Fsp3) is 0.167. The molecule has 0 aliphatic rings. The van der Waals surface area contributed by atoms with Gasteiger partial charge in [0.1, 0.15) is 10.7 Å². The molecule has 2 aromatic carbocycles. The van der Waals surface area contributed by atoms with Gasteiger partial charge in [-0.15, -0.1) is 10.2 Å². The highest BCUT2D eigenvalue weighted by Gasteiger charge is 2.18. The third-order valence-corrected chi connectivity index (χ3v) is 5.02. The predicted octanol–water partition coefficient (Wildman–Crippen LogP) is 3.65. The van der Waals surface area contributed by atoms with Crippen LogP contribution in [0.5, 0.6) is 0 Å². The van der Waals surface area contributed by atoms with Crippen LogP contribution in [-0.4, -0.2) is 21.4 Å². The smallest absolute Gasteiger partial charge is 0.230 e. The lowest BCUT2D eigenvalue weighted by Crippen LogP contribution is -2.25. The lowest BCUT2D eigenvalue weighted by atomic mass is 10.1. The number of carbonyl (C=O) groups is 1. The maximum absolute atomic E-state index is 11.5. The van der Waals surface area contributed by atoms with E-state index in [1.165, 1.54) is 11.8 Å². The second-order valence-corrected chi connectivity index (χ2v) is 6.37. The van der Waals surface area contributed by atoms with Crippen LogP contribution in [0, 0.1) is 0 Å². The van der Waals surface area contributed by atoms with Crippen LogP contribution in [0.25, 0.3) is 22.0 Å². The van der Waals surface area contributed by atoms with Crippen molar-refractivity contribution in [2.24, 2.45) is 5.73 Å². The van der Waals surface area contributed by atoms with Gasteiger partial charge in [0.15, 0.2) is 0 Å². The van der Waals surface area contributed by atoms with Gasteiger partial charge in [0, 0.05) is 16.3 Å². The zero-order valence-electron chi connectivity index (χ0n) is 12.8. The van der Waals surface area contributed by atoms with Crippen molar-refractivity contribution in [3.05, 3.63) is 54.6 Å². The number of amides is 1. The Bertz CT molecular complexity index is 836. The number of hydrogen-bond donors (Lipinski definition) is 1. The molecule has 116 valence electrons. The van der Waals surface area contributed by atoms with Gasteiger partial charge in [0.05, 0.1) is 5.25 Å². The molecular formula is C18H17N3OS. The zero-order valence-corrected chi connectivity index (χ0v) is 13.6. The van der Waals surface area contributed by atoms with Crippen molar-refractivity contribution in [2.45, 2.75) is 23.6 Å². The van der Waals surface area contributed by atoms with Gasteiger partial charge in [-0.25, -0.2) is 0 Å². The Morgan fingerprint density at radius 2 is 1.70 bits per heavy atom. The van der Waals surface area contributed by atoms with Crippen molar-refractivity contribution in [2.75, 3.05) is 0 Å². The summed E-state index contributed by atoms with van der Waals surface area (Å²) < 4.78 is 0. The Labute approximate surface area is 139 Å². The molecule has 5 heteroatoms. The first-order chi connectivity index (χ1) is 11.2. The second kappa shape index (κ2) is 6.79. The Hall–Kier alpha value is -2.40. The minimum Gasteiger partial charge on any atom is -0.369 e. The number of thioether (sulfide) groups is 1. The number of hydrogen-bond acceptors (Lipinski definition) is 4. The summed E-state index contributed by atoms with van der Waals surface area (Å²) in [5.41, 5.74) is 7.32. The van der Waals surface area contributed by atoms with Crippen LogP contribution >= 0.6 is 11.8 Å². The van der Waals surface area contributed by atoms with E-state index in [-0.39, 0.29) is 11.2 Å². The van der Waals surface area contributed by atoms with Crippen LogP contribution < -0.4 is 5.73 Å². The third-order valence-electron chi connectivity index (χ3n) is 3.64. The van der Waals surface area contributed by atoms with E-state index >= 15 is 0 Å². The van der Waals surface area contributed by atoms with Crippen molar-refractivity contribution in [1.82, 2.24) is 10.2 Å². The van der Waals surface area contributed by atoms with Crippen LogP contribution in [0.15, 0.2) is 59.6 Å². The molecule has 0 saturated heterocycles. The van der Waals surface area contributed by atoms with Crippen molar-refractivity contribution < 1.29 is 4.79 Å². The number of nitrogens with two attached hydrogens (primary N) is 1. The van der Waals surface area contributed by atoms with Gasteiger partial charge < -0.3 is 5.73 Å². The highest BCUT2D eigenvalue weighted by molar-refractivity contribution is 8.00. The summed E-state index contributed by atoms with van der Waals surface area (Å²) in [4.78, 5) is 11.5. The quantitative estimate of drug-likeness (QED) is 0.728. The number of aromatic nitrogens is 2. The minimum absolute atomic E-state index is 0.296. The van der Waals surface area contributed by atoms with Crippen LogP contribution in [-0.2, 0) is 4.79 Å². The van der Waals surface area contributed by atoms with Crippen LogP contribution in [0.4, 0.5) is 0 Å². The lowest BCUT2D eigenvalue weighted by molar-refractivity contribution is -0.117. The van der Waals surface area contributed by atoms with Crippen molar-refractivity contribution in [1.29, 1.82) is 0 Å². The number of primary amides is 1. The molecule has 1 heterocycles. The van der Waals surface area contributed by atoms with E-state index in [2.05, 4.69) is 10.2 Å². The summed E-state index contributed by atoms with van der Waals surface area (Å²) in [6.07, 6.45) is 0.663. The fourth-order valence-electron chi connectivity index (χ4n) is 2.45. The monoisotopic (exact) mass is 323 g/mol. The van der Waals surface area contributed by atoms with Gasteiger partial charge in [-0.1, -0.05) is 73.3 Å². The van der Waals surface area contributed by atoms with E-state index in [0.717, 1.165) is 27.1 Å². The first-order valence-corrected chi connectivity index (χ1v) is 8.35. The number of nitrogens with zero attached hydrogens (tertiary/aromatic N) is 2. The Morgan fingerprint density at radius 3 is 2.35 bits per heavy atom. The highest BCUT2D eigenvalue weighted by Crippen LogP contribution is 2.33. The molecular weight excluding hydrogens is 306 g/mol. The van der Waals surface area contributed by atoms with Crippen LogP contribution in [0.3, 0.4) is 0 Å². The maximum atomic E-state index is 11.5. The molecule has 23 heavy (non-hydrogen) atoms. The van der Waals surface area contributed by atoms with Crippen LogP contribution in [0.1, 0.15) is 13.3 Å². The van der Waals surface area contributed by atoms with E-state index < -0.39 is 0 Å². The SMILES string of the molecule is CCC(Sc1nnc(-c2ccccc2)c2ccccc12)C(N)=O. The molecule has 1 unspecified atom stereocenters. The minimum atomic E-state index is -0.324. The number of fused-ring (bicyclic) bond motifs is 1. The van der Waals surface area contributed by atoms with Crippen molar-refractivity contribution in [3.8, 4) is 11.3 Å². The average molecular weight is 323 g/mol. The molecule has 0 fully saturated rings. The molecule has 3 rings (SSSR count). The third kappa shape index (κ3) is 3.19. The maximum Gasteiger partial charge on any atom is 0.230 e. The summed E-state index contributed by atoms with van der Waals surface area (Å²) >= 11 is 1.38. The van der Waals surface area contributed by atoms with Gasteiger partial charge in [-0.3, -0.25) is 4.79 Å². The molecule has 0 spiro atoms. The second-order valence-electron chi connectivity index (χ2n) is 5.18. The van der Waals surface area contributed by atoms with E-state index in [9.17, 15) is 4.79 Å². The summed E-state index contributed by atoms with van der Waals surface area (Å²) in [7, 11) is 0. The summed E-state index contributed by atoms with van der Waals surface area (Å²) in [6.45, 7) is 1.94. The number of rotatable bonds is 5. The molecule has 1 amide bonds. The average Bonchev–Trinajstić information content (AvgIpc) is 2.60. The van der Waals surface area contributed by atoms with E-state index in [1.807, 2.05) is 61.5 Å². The van der Waals surface area contributed by atoms with E-state index in [1.54, 1.807) is 0 Å². The van der Waals surface area contributed by atoms with Gasteiger partial charge in [-0.2, -0.15) is 0 Å². The molecule has 1 atom stereocenters. The topological polar surface area (TPSA) is 68.9 Å². The molecule has 3 aromatic rings. The molecule has 0 radical (unpaired) electrons. The molecule has 0 aliphatic carbocycles. The normalized spacial score (nSPS) is 12.2. The predicted molar refractivity (Wildman–Crippen MR) is 94.1 cm³/mol. The largest absolute Gasteiger partial charge is 0.369 e. The highest BCUT2D eigenvalue weighted by atomic mass is 32.2. The van der Waals surface area contributed by atoms with Crippen molar-refractivity contribution >= 4 is 28.4 Å². The Morgan fingerprint density at radius 1 is 1.04 bits per heavy atom. The fourth-order valence-corrected chi connectivity index (χ4v) is 3.40. The zero-order chi connectivity index (χ0) is 16.2. The first-order valence-electron chi connectivity index (χ1n) is 7.47. The Balaban J connectivity index is 2.11. The van der Waals surface area contributed by atoms with E-state index in [4.69, 9.17) is 5.73 Å². The Kier molecular flexibility index (Phi) is 4.57. The molecule has 0 saturated carbocycles. The molecule has 0 bridgehead atoms. The molecule has 0 aliphatic heterocycles.